The molecule has 7 nitrogen and oxygen atoms in total. The fraction of sp³-hybridized carbons (Fsp3) is 0.200. The van der Waals surface area contributed by atoms with E-state index in [1.807, 2.05) is 0 Å². The van der Waals surface area contributed by atoms with Crippen molar-refractivity contribution in [2.24, 2.45) is 0 Å². The molecule has 2 N–H and O–H groups in total. The Kier molecular flexibility index (Phi) is 5.52. The van der Waals surface area contributed by atoms with Crippen LogP contribution >= 0.6 is 0 Å². The molecule has 0 spiro atoms. The van der Waals surface area contributed by atoms with Gasteiger partial charge in [-0.2, -0.15) is 8.78 Å². The van der Waals surface area contributed by atoms with Crippen LogP contribution in [0, 0.1) is 10.1 Å². The van der Waals surface area contributed by atoms with E-state index in [1.54, 1.807) is 12.1 Å². The van der Waals surface area contributed by atoms with Crippen molar-refractivity contribution in [1.29, 1.82) is 0 Å². The van der Waals surface area contributed by atoms with Crippen molar-refractivity contribution in [3.63, 3.8) is 0 Å². The SMILES string of the molecule is O=[N+]([O-])c1cc(S(=O)(=O)C(F)F)ccc1NCCc1cccc(O)c1. The molecular weight excluding hydrogens is 358 g/mol. The van der Waals surface area contributed by atoms with Crippen LogP contribution in [0.3, 0.4) is 0 Å². The van der Waals surface area contributed by atoms with E-state index in [2.05, 4.69) is 5.32 Å². The molecule has 2 aromatic rings. The predicted octanol–water partition coefficient (Wildman–Crippen LogP) is 2.95. The van der Waals surface area contributed by atoms with Crippen molar-refractivity contribution in [2.45, 2.75) is 17.1 Å². The Morgan fingerprint density at radius 2 is 1.92 bits per heavy atom. The largest absolute Gasteiger partial charge is 0.508 e. The summed E-state index contributed by atoms with van der Waals surface area (Å²) < 4.78 is 48.0. The highest BCUT2D eigenvalue weighted by atomic mass is 32.2. The Balaban J connectivity index is 2.19. The van der Waals surface area contributed by atoms with Gasteiger partial charge in [0.25, 0.3) is 5.69 Å². The van der Waals surface area contributed by atoms with Crippen LogP contribution in [0.5, 0.6) is 5.75 Å². The first-order valence-corrected chi connectivity index (χ1v) is 8.58. The van der Waals surface area contributed by atoms with Gasteiger partial charge in [0.15, 0.2) is 0 Å². The fourth-order valence-corrected chi connectivity index (χ4v) is 2.88. The molecule has 0 heterocycles. The van der Waals surface area contributed by atoms with Crippen LogP contribution in [0.25, 0.3) is 0 Å². The van der Waals surface area contributed by atoms with Crippen LogP contribution < -0.4 is 5.32 Å². The number of nitro benzene ring substituents is 1. The lowest BCUT2D eigenvalue weighted by Crippen LogP contribution is -2.12. The molecule has 2 rings (SSSR count). The van der Waals surface area contributed by atoms with E-state index in [9.17, 15) is 32.4 Å². The number of rotatable bonds is 7. The van der Waals surface area contributed by atoms with Gasteiger partial charge >= 0.3 is 5.76 Å². The summed E-state index contributed by atoms with van der Waals surface area (Å²) in [5, 5.41) is 23.2. The molecule has 0 aliphatic carbocycles. The third-order valence-corrected chi connectivity index (χ3v) is 4.75. The Morgan fingerprint density at radius 1 is 1.20 bits per heavy atom. The van der Waals surface area contributed by atoms with E-state index in [-0.39, 0.29) is 18.0 Å². The van der Waals surface area contributed by atoms with Gasteiger partial charge < -0.3 is 10.4 Å². The van der Waals surface area contributed by atoms with Gasteiger partial charge in [0.05, 0.1) is 9.82 Å². The molecule has 0 unspecified atom stereocenters. The van der Waals surface area contributed by atoms with E-state index in [1.165, 1.54) is 12.1 Å². The molecule has 0 saturated heterocycles. The van der Waals surface area contributed by atoms with Crippen LogP contribution in [-0.2, 0) is 16.3 Å². The molecule has 0 saturated carbocycles. The highest BCUT2D eigenvalue weighted by Gasteiger charge is 2.29. The van der Waals surface area contributed by atoms with Crippen molar-refractivity contribution in [2.75, 3.05) is 11.9 Å². The van der Waals surface area contributed by atoms with Gasteiger partial charge in [0, 0.05) is 12.6 Å². The third-order valence-electron chi connectivity index (χ3n) is 3.37. The summed E-state index contributed by atoms with van der Waals surface area (Å²) in [6.45, 7) is 0.255. The number of sulfone groups is 1. The lowest BCUT2D eigenvalue weighted by molar-refractivity contribution is -0.384. The lowest BCUT2D eigenvalue weighted by atomic mass is 10.1. The van der Waals surface area contributed by atoms with Crippen molar-refractivity contribution >= 4 is 21.2 Å². The highest BCUT2D eigenvalue weighted by Crippen LogP contribution is 2.29. The summed E-state index contributed by atoms with van der Waals surface area (Å²) in [4.78, 5) is 9.44. The fourth-order valence-electron chi connectivity index (χ4n) is 2.15. The maximum atomic E-state index is 12.6. The number of anilines is 1. The van der Waals surface area contributed by atoms with Crippen LogP contribution in [0.15, 0.2) is 47.4 Å². The summed E-state index contributed by atoms with van der Waals surface area (Å²) in [5.74, 6) is -3.57. The number of nitro groups is 1. The molecule has 10 heteroatoms. The van der Waals surface area contributed by atoms with Crippen LogP contribution in [-0.4, -0.2) is 30.7 Å². The minimum atomic E-state index is -4.91. The Bertz CT molecular complexity index is 887. The number of nitrogens with one attached hydrogen (secondary N) is 1. The second kappa shape index (κ2) is 7.43. The van der Waals surface area contributed by atoms with Crippen molar-refractivity contribution in [3.05, 3.63) is 58.1 Å². The molecule has 0 aliphatic heterocycles. The number of halogens is 2. The number of benzene rings is 2. The second-order valence-corrected chi connectivity index (χ2v) is 7.01. The Hall–Kier alpha value is -2.75. The van der Waals surface area contributed by atoms with Gasteiger partial charge in [-0.05, 0) is 36.2 Å². The Morgan fingerprint density at radius 3 is 2.52 bits per heavy atom. The number of phenolic OH excluding ortho intramolecular Hbond substituents is 1. The zero-order valence-corrected chi connectivity index (χ0v) is 13.5. The second-order valence-electron chi connectivity index (χ2n) is 5.09. The first-order valence-electron chi connectivity index (χ1n) is 7.04. The van der Waals surface area contributed by atoms with Gasteiger partial charge in [-0.3, -0.25) is 10.1 Å². The van der Waals surface area contributed by atoms with Crippen LogP contribution in [0.1, 0.15) is 5.56 Å². The van der Waals surface area contributed by atoms with Gasteiger partial charge in [-0.25, -0.2) is 8.42 Å². The monoisotopic (exact) mass is 372 g/mol. The summed E-state index contributed by atoms with van der Waals surface area (Å²) in [5.41, 5.74) is 0.183. The number of alkyl halides is 2. The first kappa shape index (κ1) is 18.6. The molecule has 2 aromatic carbocycles. The molecule has 0 radical (unpaired) electrons. The minimum absolute atomic E-state index is 0.0124. The predicted molar refractivity (Wildman–Crippen MR) is 86.6 cm³/mol. The van der Waals surface area contributed by atoms with E-state index in [0.29, 0.717) is 12.5 Å². The normalized spacial score (nSPS) is 11.5. The van der Waals surface area contributed by atoms with E-state index >= 15 is 0 Å². The van der Waals surface area contributed by atoms with Crippen LogP contribution in [0.4, 0.5) is 20.2 Å². The molecule has 0 bridgehead atoms. The maximum absolute atomic E-state index is 12.6. The van der Waals surface area contributed by atoms with E-state index < -0.39 is 31.1 Å². The molecular formula is C15H14F2N2O5S. The number of hydrogen-bond acceptors (Lipinski definition) is 6. The summed E-state index contributed by atoms with van der Waals surface area (Å²) >= 11 is 0. The molecule has 134 valence electrons. The highest BCUT2D eigenvalue weighted by molar-refractivity contribution is 7.91. The van der Waals surface area contributed by atoms with Crippen LogP contribution in [0.2, 0.25) is 0 Å². The zero-order valence-electron chi connectivity index (χ0n) is 12.7. The quantitative estimate of drug-likeness (QED) is 0.571. The van der Waals surface area contributed by atoms with Crippen molar-refractivity contribution in [3.8, 4) is 5.75 Å². The maximum Gasteiger partial charge on any atom is 0.341 e. The van der Waals surface area contributed by atoms with E-state index in [4.69, 9.17) is 0 Å². The van der Waals surface area contributed by atoms with Crippen molar-refractivity contribution in [1.82, 2.24) is 0 Å². The summed E-state index contributed by atoms with van der Waals surface area (Å²) in [6, 6.07) is 9.03. The standard InChI is InChI=1S/C15H14F2N2O5S/c16-15(17)25(23,24)12-4-5-13(14(9-12)19(21)22)18-7-6-10-2-1-3-11(20)8-10/h1-5,8-9,15,18,20H,6-7H2. The smallest absolute Gasteiger partial charge is 0.341 e. The number of hydrogen-bond donors (Lipinski definition) is 2. The first-order chi connectivity index (χ1) is 11.7. The summed E-state index contributed by atoms with van der Waals surface area (Å²) in [6.07, 6.45) is 0.433. The van der Waals surface area contributed by atoms with E-state index in [0.717, 1.165) is 17.7 Å². The zero-order chi connectivity index (χ0) is 18.6. The van der Waals surface area contributed by atoms with Crippen molar-refractivity contribution < 1.29 is 27.2 Å². The number of aromatic hydroxyl groups is 1. The third kappa shape index (κ3) is 4.41. The molecule has 0 aliphatic rings. The van der Waals surface area contributed by atoms with Gasteiger partial charge in [0.1, 0.15) is 11.4 Å². The molecule has 25 heavy (non-hydrogen) atoms. The van der Waals surface area contributed by atoms with Gasteiger partial charge in [0.2, 0.25) is 9.84 Å². The molecule has 0 amide bonds. The molecule has 0 fully saturated rings. The minimum Gasteiger partial charge on any atom is -0.508 e. The number of phenols is 1. The Labute approximate surface area is 142 Å². The summed E-state index contributed by atoms with van der Waals surface area (Å²) in [7, 11) is -4.91. The van der Waals surface area contributed by atoms with Gasteiger partial charge in [-0.1, -0.05) is 12.1 Å². The topological polar surface area (TPSA) is 110 Å². The molecule has 0 aromatic heterocycles. The number of nitrogens with zero attached hydrogens (tertiary/aromatic N) is 1. The average Bonchev–Trinajstić information content (AvgIpc) is 2.54. The van der Waals surface area contributed by atoms with Gasteiger partial charge in [-0.15, -0.1) is 0 Å². The average molecular weight is 372 g/mol. The lowest BCUT2D eigenvalue weighted by Gasteiger charge is -2.09. The molecule has 0 atom stereocenters.